The van der Waals surface area contributed by atoms with Gasteiger partial charge in [0.15, 0.2) is 0 Å². The van der Waals surface area contributed by atoms with Crippen molar-refractivity contribution in [2.24, 2.45) is 0 Å². The lowest BCUT2D eigenvalue weighted by molar-refractivity contribution is 0.223. The molecule has 1 N–H and O–H groups in total. The van der Waals surface area contributed by atoms with E-state index in [2.05, 4.69) is 0 Å². The molecule has 0 radical (unpaired) electrons. The lowest BCUT2D eigenvalue weighted by Gasteiger charge is -2.15. The van der Waals surface area contributed by atoms with Gasteiger partial charge in [-0.1, -0.05) is 103 Å². The van der Waals surface area contributed by atoms with E-state index in [0.29, 0.717) is 48.4 Å². The van der Waals surface area contributed by atoms with Crippen LogP contribution in [0.5, 0.6) is 23.0 Å². The quantitative estimate of drug-likeness (QED) is 0.158. The van der Waals surface area contributed by atoms with Gasteiger partial charge in [-0.15, -0.1) is 0 Å². The molecular weight excluding hydrogens is 524 g/mol. The van der Waals surface area contributed by atoms with E-state index in [1.54, 1.807) is 19.3 Å². The molecule has 0 saturated heterocycles. The average molecular weight is 559 g/mol. The molecule has 0 aliphatic heterocycles. The number of benzene rings is 5. The van der Waals surface area contributed by atoms with Crippen molar-refractivity contribution in [2.45, 2.75) is 25.9 Å². The molecule has 0 saturated carbocycles. The van der Waals surface area contributed by atoms with Crippen LogP contribution in [0.1, 0.15) is 33.9 Å². The molecule has 0 bridgehead atoms. The minimum Gasteiger partial charge on any atom is -0.496 e. The summed E-state index contributed by atoms with van der Waals surface area (Å²) >= 11 is 0. The van der Waals surface area contributed by atoms with Crippen LogP contribution in [-0.4, -0.2) is 12.2 Å². The maximum Gasteiger partial charge on any atom is 0.130 e. The Morgan fingerprint density at radius 3 is 1.57 bits per heavy atom. The van der Waals surface area contributed by atoms with Crippen LogP contribution in [0.25, 0.3) is 6.08 Å². The van der Waals surface area contributed by atoms with E-state index in [-0.39, 0.29) is 0 Å². The van der Waals surface area contributed by atoms with Gasteiger partial charge in [0.25, 0.3) is 0 Å². The fourth-order valence-corrected chi connectivity index (χ4v) is 4.41. The van der Waals surface area contributed by atoms with Gasteiger partial charge in [-0.25, -0.2) is 0 Å². The highest BCUT2D eigenvalue weighted by molar-refractivity contribution is 5.60. The van der Waals surface area contributed by atoms with Crippen molar-refractivity contribution in [1.82, 2.24) is 0 Å². The number of aliphatic hydroxyl groups is 1. The molecular formula is C37H34O5. The van der Waals surface area contributed by atoms with Gasteiger partial charge in [0.2, 0.25) is 0 Å². The second kappa shape index (κ2) is 14.6. The topological polar surface area (TPSA) is 57.2 Å². The fraction of sp³-hybridized carbons (Fsp3) is 0.135. The summed E-state index contributed by atoms with van der Waals surface area (Å²) in [7, 11) is 1.58. The molecule has 212 valence electrons. The number of methoxy groups -OCH3 is 1. The van der Waals surface area contributed by atoms with E-state index < -0.39 is 6.10 Å². The van der Waals surface area contributed by atoms with Crippen LogP contribution in [-0.2, 0) is 19.8 Å². The standard InChI is InChI=1S/C37H34O5/c1-39-37-24-33(41-26-29-13-7-3-8-14-29)20-21-34(37)35(38)22-18-31-17-19-32(40-25-28-11-5-2-6-12-28)23-36(31)42-27-30-15-9-4-10-16-30/h2-24,35,38H,25-27H2,1H3. The molecule has 0 aliphatic rings. The Hall–Kier alpha value is -5.00. The third-order valence-electron chi connectivity index (χ3n) is 6.70. The zero-order valence-corrected chi connectivity index (χ0v) is 23.6. The first kappa shape index (κ1) is 28.5. The summed E-state index contributed by atoms with van der Waals surface area (Å²) in [5.41, 5.74) is 4.67. The van der Waals surface area contributed by atoms with Gasteiger partial charge >= 0.3 is 0 Å². The van der Waals surface area contributed by atoms with Gasteiger partial charge in [-0.2, -0.15) is 0 Å². The Morgan fingerprint density at radius 2 is 1.05 bits per heavy atom. The second-order valence-electron chi connectivity index (χ2n) is 9.73. The van der Waals surface area contributed by atoms with E-state index in [1.807, 2.05) is 127 Å². The molecule has 0 aliphatic carbocycles. The normalized spacial score (nSPS) is 11.7. The maximum absolute atomic E-state index is 11.1. The van der Waals surface area contributed by atoms with Gasteiger partial charge < -0.3 is 24.1 Å². The molecule has 5 aromatic rings. The Balaban J connectivity index is 1.31. The number of hydrogen-bond donors (Lipinski definition) is 1. The summed E-state index contributed by atoms with van der Waals surface area (Å²) in [5, 5.41) is 11.1. The van der Waals surface area contributed by atoms with Crippen LogP contribution in [0.15, 0.2) is 133 Å². The van der Waals surface area contributed by atoms with Crippen molar-refractivity contribution in [3.63, 3.8) is 0 Å². The maximum atomic E-state index is 11.1. The van der Waals surface area contributed by atoms with Crippen LogP contribution < -0.4 is 18.9 Å². The summed E-state index contributed by atoms with van der Waals surface area (Å²) < 4.78 is 23.8. The van der Waals surface area contributed by atoms with Crippen LogP contribution >= 0.6 is 0 Å². The Labute approximate surface area is 247 Å². The third kappa shape index (κ3) is 8.03. The highest BCUT2D eigenvalue weighted by Gasteiger charge is 2.13. The van der Waals surface area contributed by atoms with E-state index in [9.17, 15) is 5.11 Å². The van der Waals surface area contributed by atoms with Crippen molar-refractivity contribution in [2.75, 3.05) is 7.11 Å². The smallest absolute Gasteiger partial charge is 0.130 e. The summed E-state index contributed by atoms with van der Waals surface area (Å²) in [6, 6.07) is 41.2. The largest absolute Gasteiger partial charge is 0.496 e. The van der Waals surface area contributed by atoms with Crippen molar-refractivity contribution in [3.8, 4) is 23.0 Å². The summed E-state index contributed by atoms with van der Waals surface area (Å²) in [5.74, 6) is 2.57. The number of aliphatic hydroxyl groups excluding tert-OH is 1. The van der Waals surface area contributed by atoms with Crippen LogP contribution in [0.2, 0.25) is 0 Å². The monoisotopic (exact) mass is 558 g/mol. The van der Waals surface area contributed by atoms with Gasteiger partial charge in [0.05, 0.1) is 7.11 Å². The van der Waals surface area contributed by atoms with Crippen molar-refractivity contribution < 1.29 is 24.1 Å². The minimum absolute atomic E-state index is 0.407. The number of hydrogen-bond acceptors (Lipinski definition) is 5. The van der Waals surface area contributed by atoms with E-state index >= 15 is 0 Å². The highest BCUT2D eigenvalue weighted by Crippen LogP contribution is 2.33. The molecule has 0 heterocycles. The molecule has 1 atom stereocenters. The lowest BCUT2D eigenvalue weighted by atomic mass is 10.1. The fourth-order valence-electron chi connectivity index (χ4n) is 4.41. The summed E-state index contributed by atoms with van der Waals surface area (Å²) in [6.07, 6.45) is 2.67. The van der Waals surface area contributed by atoms with E-state index in [4.69, 9.17) is 18.9 Å². The number of rotatable bonds is 13. The molecule has 0 amide bonds. The van der Waals surface area contributed by atoms with Gasteiger partial charge in [0.1, 0.15) is 48.9 Å². The average Bonchev–Trinajstić information content (AvgIpc) is 3.06. The molecule has 1 unspecified atom stereocenters. The lowest BCUT2D eigenvalue weighted by Crippen LogP contribution is -2.01. The van der Waals surface area contributed by atoms with Crippen LogP contribution in [0.3, 0.4) is 0 Å². The molecule has 5 rings (SSSR count). The SMILES string of the molecule is COc1cc(OCc2ccccc2)ccc1C(O)C=Cc1ccc(OCc2ccccc2)cc1OCc1ccccc1. The zero-order valence-electron chi connectivity index (χ0n) is 23.6. The van der Waals surface area contributed by atoms with Gasteiger partial charge in [-0.05, 0) is 41.0 Å². The molecule has 42 heavy (non-hydrogen) atoms. The van der Waals surface area contributed by atoms with Crippen LogP contribution in [0, 0.1) is 0 Å². The first-order chi connectivity index (χ1) is 20.7. The Bertz CT molecular complexity index is 1570. The van der Waals surface area contributed by atoms with E-state index in [0.717, 1.165) is 22.3 Å². The van der Waals surface area contributed by atoms with Gasteiger partial charge in [-0.3, -0.25) is 0 Å². The number of ether oxygens (including phenoxy) is 4. The molecule has 0 aromatic heterocycles. The Kier molecular flexibility index (Phi) is 9.90. The zero-order chi connectivity index (χ0) is 29.0. The Morgan fingerprint density at radius 1 is 0.571 bits per heavy atom. The molecule has 5 nitrogen and oxygen atoms in total. The van der Waals surface area contributed by atoms with Crippen molar-refractivity contribution in [1.29, 1.82) is 0 Å². The molecule has 5 heteroatoms. The van der Waals surface area contributed by atoms with Crippen molar-refractivity contribution in [3.05, 3.63) is 161 Å². The highest BCUT2D eigenvalue weighted by atomic mass is 16.5. The third-order valence-corrected chi connectivity index (χ3v) is 6.70. The van der Waals surface area contributed by atoms with Gasteiger partial charge in [0, 0.05) is 23.3 Å². The van der Waals surface area contributed by atoms with E-state index in [1.165, 1.54) is 0 Å². The summed E-state index contributed by atoms with van der Waals surface area (Å²) in [4.78, 5) is 0. The first-order valence-corrected chi connectivity index (χ1v) is 13.9. The molecule has 5 aromatic carbocycles. The molecule has 0 fully saturated rings. The summed E-state index contributed by atoms with van der Waals surface area (Å²) in [6.45, 7) is 1.31. The molecule has 0 spiro atoms. The second-order valence-corrected chi connectivity index (χ2v) is 9.73. The predicted molar refractivity (Wildman–Crippen MR) is 166 cm³/mol. The first-order valence-electron chi connectivity index (χ1n) is 13.9. The van der Waals surface area contributed by atoms with Crippen molar-refractivity contribution >= 4 is 6.08 Å². The predicted octanol–water partition coefficient (Wildman–Crippen LogP) is 8.18. The van der Waals surface area contributed by atoms with Crippen LogP contribution in [0.4, 0.5) is 0 Å². The minimum atomic E-state index is -0.904.